The summed E-state index contributed by atoms with van der Waals surface area (Å²) in [5.41, 5.74) is 2.28. The molecule has 28 heavy (non-hydrogen) atoms. The van der Waals surface area contributed by atoms with Gasteiger partial charge in [0.05, 0.1) is 13.2 Å². The lowest BCUT2D eigenvalue weighted by Gasteiger charge is -2.26. The maximum Gasteiger partial charge on any atom is 0.274 e. The molecule has 3 rings (SSSR count). The Morgan fingerprint density at radius 3 is 2.32 bits per heavy atom. The van der Waals surface area contributed by atoms with Crippen LogP contribution in [-0.2, 0) is 4.74 Å². The Labute approximate surface area is 165 Å². The highest BCUT2D eigenvalue weighted by Crippen LogP contribution is 2.18. The third-order valence-electron chi connectivity index (χ3n) is 4.75. The molecule has 7 nitrogen and oxygen atoms in total. The van der Waals surface area contributed by atoms with Gasteiger partial charge < -0.3 is 19.9 Å². The van der Waals surface area contributed by atoms with Crippen molar-refractivity contribution in [3.8, 4) is 0 Å². The fourth-order valence-corrected chi connectivity index (χ4v) is 3.15. The van der Waals surface area contributed by atoms with Crippen molar-refractivity contribution >= 4 is 23.2 Å². The Balaban J connectivity index is 1.68. The van der Waals surface area contributed by atoms with E-state index in [9.17, 15) is 9.59 Å². The zero-order valence-corrected chi connectivity index (χ0v) is 16.4. The smallest absolute Gasteiger partial charge is 0.274 e. The molecule has 1 fully saturated rings. The molecule has 1 saturated heterocycles. The molecule has 0 bridgehead atoms. The molecule has 0 unspecified atom stereocenters. The Bertz CT molecular complexity index is 813. The predicted octanol–water partition coefficient (Wildman–Crippen LogP) is 2.65. The number of benzene rings is 1. The van der Waals surface area contributed by atoms with Gasteiger partial charge in [-0.25, -0.2) is 4.98 Å². The summed E-state index contributed by atoms with van der Waals surface area (Å²) in [7, 11) is 0. The molecule has 1 N–H and O–H groups in total. The van der Waals surface area contributed by atoms with Crippen LogP contribution in [-0.4, -0.2) is 61.1 Å². The van der Waals surface area contributed by atoms with Gasteiger partial charge in [0, 0.05) is 37.6 Å². The molecule has 148 valence electrons. The molecule has 0 spiro atoms. The molecule has 0 aliphatic carbocycles. The number of carbonyl (C=O) groups is 2. The third-order valence-corrected chi connectivity index (χ3v) is 4.75. The summed E-state index contributed by atoms with van der Waals surface area (Å²) < 4.78 is 5.27. The lowest BCUT2D eigenvalue weighted by atomic mass is 10.2. The summed E-state index contributed by atoms with van der Waals surface area (Å²) in [6.45, 7) is 8.19. The first-order valence-electron chi connectivity index (χ1n) is 9.62. The van der Waals surface area contributed by atoms with Crippen molar-refractivity contribution in [2.24, 2.45) is 0 Å². The van der Waals surface area contributed by atoms with Gasteiger partial charge in [-0.1, -0.05) is 6.07 Å². The lowest BCUT2D eigenvalue weighted by Crippen LogP contribution is -2.41. The minimum atomic E-state index is -0.341. The predicted molar refractivity (Wildman–Crippen MR) is 109 cm³/mol. The highest BCUT2D eigenvalue weighted by molar-refractivity contribution is 6.04. The molecule has 2 amide bonds. The standard InChI is InChI=1S/C21H26N4O3/c1-3-24(4-2)17-10-8-16(9-11-17)22-20(26)18-6-5-7-19(23-18)21(27)25-12-14-28-15-13-25/h5-11H,3-4,12-15H2,1-2H3,(H,22,26). The molecule has 1 aliphatic rings. The SMILES string of the molecule is CCN(CC)c1ccc(NC(=O)c2cccc(C(=O)N3CCOCC3)n2)cc1. The van der Waals surface area contributed by atoms with Gasteiger partial charge in [-0.15, -0.1) is 0 Å². The lowest BCUT2D eigenvalue weighted by molar-refractivity contribution is 0.0299. The Morgan fingerprint density at radius 1 is 1.04 bits per heavy atom. The number of hydrogen-bond donors (Lipinski definition) is 1. The van der Waals surface area contributed by atoms with E-state index in [1.807, 2.05) is 24.3 Å². The molecule has 0 atom stereocenters. The summed E-state index contributed by atoms with van der Waals surface area (Å²) in [5.74, 6) is -0.520. The van der Waals surface area contributed by atoms with Crippen molar-refractivity contribution in [2.45, 2.75) is 13.8 Å². The van der Waals surface area contributed by atoms with Gasteiger partial charge in [0.1, 0.15) is 11.4 Å². The molecule has 2 heterocycles. The maximum atomic E-state index is 12.6. The highest BCUT2D eigenvalue weighted by atomic mass is 16.5. The Hall–Kier alpha value is -2.93. The minimum absolute atomic E-state index is 0.179. The number of rotatable bonds is 6. The number of pyridine rings is 1. The summed E-state index contributed by atoms with van der Waals surface area (Å²) in [6.07, 6.45) is 0. The van der Waals surface area contributed by atoms with Crippen LogP contribution in [0.5, 0.6) is 0 Å². The van der Waals surface area contributed by atoms with Crippen molar-refractivity contribution in [1.82, 2.24) is 9.88 Å². The van der Waals surface area contributed by atoms with Gasteiger partial charge in [0.2, 0.25) is 0 Å². The molecule has 1 aromatic carbocycles. The van der Waals surface area contributed by atoms with Crippen molar-refractivity contribution in [1.29, 1.82) is 0 Å². The van der Waals surface area contributed by atoms with Crippen molar-refractivity contribution in [2.75, 3.05) is 49.6 Å². The maximum absolute atomic E-state index is 12.6. The van der Waals surface area contributed by atoms with E-state index in [-0.39, 0.29) is 23.2 Å². The monoisotopic (exact) mass is 382 g/mol. The van der Waals surface area contributed by atoms with Crippen molar-refractivity contribution < 1.29 is 14.3 Å². The summed E-state index contributed by atoms with van der Waals surface area (Å²) in [4.78, 5) is 33.3. The van der Waals surface area contributed by atoms with E-state index in [1.54, 1.807) is 23.1 Å². The summed E-state index contributed by atoms with van der Waals surface area (Å²) in [6, 6.07) is 12.6. The molecule has 0 radical (unpaired) electrons. The number of aromatic nitrogens is 1. The van der Waals surface area contributed by atoms with Crippen LogP contribution < -0.4 is 10.2 Å². The number of carbonyl (C=O) groups excluding carboxylic acids is 2. The average molecular weight is 382 g/mol. The van der Waals surface area contributed by atoms with E-state index in [4.69, 9.17) is 4.74 Å². The zero-order valence-electron chi connectivity index (χ0n) is 16.4. The minimum Gasteiger partial charge on any atom is -0.378 e. The second-order valence-corrected chi connectivity index (χ2v) is 6.49. The quantitative estimate of drug-likeness (QED) is 0.831. The topological polar surface area (TPSA) is 74.8 Å². The van der Waals surface area contributed by atoms with Gasteiger partial charge in [-0.05, 0) is 50.2 Å². The molecule has 7 heteroatoms. The van der Waals surface area contributed by atoms with Crippen LogP contribution in [0.1, 0.15) is 34.8 Å². The molecule has 1 aromatic heterocycles. The first kappa shape index (κ1) is 19.8. The van der Waals surface area contributed by atoms with Crippen LogP contribution in [0.15, 0.2) is 42.5 Å². The zero-order chi connectivity index (χ0) is 19.9. The number of ether oxygens (including phenoxy) is 1. The van der Waals surface area contributed by atoms with Gasteiger partial charge >= 0.3 is 0 Å². The normalized spacial score (nSPS) is 13.9. The van der Waals surface area contributed by atoms with E-state index in [0.717, 1.165) is 18.8 Å². The first-order valence-corrected chi connectivity index (χ1v) is 9.62. The van der Waals surface area contributed by atoms with Crippen LogP contribution in [0.25, 0.3) is 0 Å². The highest BCUT2D eigenvalue weighted by Gasteiger charge is 2.20. The second kappa shape index (κ2) is 9.32. The Morgan fingerprint density at radius 2 is 1.68 bits per heavy atom. The van der Waals surface area contributed by atoms with Gasteiger partial charge in [-0.3, -0.25) is 9.59 Å². The molecule has 1 aliphatic heterocycles. The van der Waals surface area contributed by atoms with Crippen LogP contribution >= 0.6 is 0 Å². The number of nitrogens with one attached hydrogen (secondary N) is 1. The van der Waals surface area contributed by atoms with Crippen molar-refractivity contribution in [3.05, 3.63) is 53.9 Å². The number of anilines is 2. The van der Waals surface area contributed by atoms with E-state index in [1.165, 1.54) is 0 Å². The van der Waals surface area contributed by atoms with E-state index >= 15 is 0 Å². The fraction of sp³-hybridized carbons (Fsp3) is 0.381. The fourth-order valence-electron chi connectivity index (χ4n) is 3.15. The van der Waals surface area contributed by atoms with E-state index < -0.39 is 0 Å². The summed E-state index contributed by atoms with van der Waals surface area (Å²) in [5, 5.41) is 2.84. The first-order chi connectivity index (χ1) is 13.6. The number of morpholine rings is 1. The average Bonchev–Trinajstić information content (AvgIpc) is 2.76. The van der Waals surface area contributed by atoms with E-state index in [0.29, 0.717) is 32.0 Å². The molecule has 2 aromatic rings. The van der Waals surface area contributed by atoms with Gasteiger partial charge in [-0.2, -0.15) is 0 Å². The van der Waals surface area contributed by atoms with Crippen LogP contribution in [0.4, 0.5) is 11.4 Å². The Kier molecular flexibility index (Phi) is 6.60. The van der Waals surface area contributed by atoms with Crippen LogP contribution in [0.2, 0.25) is 0 Å². The van der Waals surface area contributed by atoms with Crippen LogP contribution in [0, 0.1) is 0 Å². The molecule has 0 saturated carbocycles. The second-order valence-electron chi connectivity index (χ2n) is 6.49. The van der Waals surface area contributed by atoms with Crippen LogP contribution in [0.3, 0.4) is 0 Å². The number of hydrogen-bond acceptors (Lipinski definition) is 5. The summed E-state index contributed by atoms with van der Waals surface area (Å²) >= 11 is 0. The number of amides is 2. The molecular formula is C21H26N4O3. The van der Waals surface area contributed by atoms with Gasteiger partial charge in [0.25, 0.3) is 11.8 Å². The molecular weight excluding hydrogens is 356 g/mol. The third kappa shape index (κ3) is 4.67. The van der Waals surface area contributed by atoms with E-state index in [2.05, 4.69) is 29.0 Å². The largest absolute Gasteiger partial charge is 0.378 e. The number of nitrogens with zero attached hydrogens (tertiary/aromatic N) is 3. The van der Waals surface area contributed by atoms with Crippen molar-refractivity contribution in [3.63, 3.8) is 0 Å². The van der Waals surface area contributed by atoms with Gasteiger partial charge in [0.15, 0.2) is 0 Å².